The number of ether oxygens (including phenoxy) is 1. The second kappa shape index (κ2) is 6.61. The van der Waals surface area contributed by atoms with Crippen LogP contribution in [-0.2, 0) is 14.3 Å². The maximum absolute atomic E-state index is 12.4. The minimum absolute atomic E-state index is 0.00543. The summed E-state index contributed by atoms with van der Waals surface area (Å²) >= 11 is 6.72. The van der Waals surface area contributed by atoms with Crippen LogP contribution >= 0.6 is 11.6 Å². The largest absolute Gasteiger partial charge is 0.462 e. The van der Waals surface area contributed by atoms with Crippen molar-refractivity contribution in [3.63, 3.8) is 0 Å². The summed E-state index contributed by atoms with van der Waals surface area (Å²) in [5.41, 5.74) is 1.79. The van der Waals surface area contributed by atoms with E-state index < -0.39 is 0 Å². The van der Waals surface area contributed by atoms with E-state index in [2.05, 4.69) is 19.9 Å². The minimum Gasteiger partial charge on any atom is -0.462 e. The molecule has 150 valence electrons. The predicted octanol–water partition coefficient (Wildman–Crippen LogP) is 5.30. The van der Waals surface area contributed by atoms with Crippen LogP contribution in [0.4, 0.5) is 0 Å². The Morgan fingerprint density at radius 1 is 1.15 bits per heavy atom. The van der Waals surface area contributed by atoms with Crippen molar-refractivity contribution < 1.29 is 14.3 Å². The van der Waals surface area contributed by atoms with Crippen molar-refractivity contribution >= 4 is 23.4 Å². The van der Waals surface area contributed by atoms with Crippen LogP contribution in [-0.4, -0.2) is 23.2 Å². The molecule has 0 heterocycles. The summed E-state index contributed by atoms with van der Waals surface area (Å²) < 4.78 is 5.53. The summed E-state index contributed by atoms with van der Waals surface area (Å²) in [5, 5.41) is -0.00543. The van der Waals surface area contributed by atoms with E-state index in [1.165, 1.54) is 18.9 Å². The second-order valence-electron chi connectivity index (χ2n) is 10.1. The van der Waals surface area contributed by atoms with E-state index >= 15 is 0 Å². The van der Waals surface area contributed by atoms with Gasteiger partial charge in [-0.1, -0.05) is 25.5 Å². The van der Waals surface area contributed by atoms with Gasteiger partial charge in [-0.05, 0) is 74.0 Å². The average Bonchev–Trinajstić information content (AvgIpc) is 2.85. The highest BCUT2D eigenvalue weighted by Crippen LogP contribution is 2.67. The SMILES string of the molecule is CC(=O)O[C@@H]1CC[C@]2(C)C(=CC[C@H]3[C@@H]4C[C@@H](Cl)[C@@H](C(C)=O)[C@]4(C)CC[C@@H]32)C1. The molecule has 0 aromatic carbocycles. The lowest BCUT2D eigenvalue weighted by Gasteiger charge is -2.57. The molecular formula is C23H33ClO3. The molecule has 0 radical (unpaired) electrons. The van der Waals surface area contributed by atoms with E-state index in [9.17, 15) is 9.59 Å². The molecule has 4 rings (SSSR count). The van der Waals surface area contributed by atoms with Crippen LogP contribution in [0.2, 0.25) is 0 Å². The molecule has 3 fully saturated rings. The van der Waals surface area contributed by atoms with Gasteiger partial charge in [-0.15, -0.1) is 11.6 Å². The highest BCUT2D eigenvalue weighted by Gasteiger charge is 2.61. The first-order chi connectivity index (χ1) is 12.7. The second-order valence-corrected chi connectivity index (χ2v) is 10.7. The number of carbonyl (C=O) groups is 2. The summed E-state index contributed by atoms with van der Waals surface area (Å²) in [7, 11) is 0. The zero-order valence-electron chi connectivity index (χ0n) is 17.1. The summed E-state index contributed by atoms with van der Waals surface area (Å²) in [6.07, 6.45) is 9.85. The third-order valence-electron chi connectivity index (χ3n) is 8.82. The molecule has 4 aliphatic rings. The Labute approximate surface area is 168 Å². The molecule has 0 spiro atoms. The number of fused-ring (bicyclic) bond motifs is 5. The average molecular weight is 393 g/mol. The highest BCUT2D eigenvalue weighted by molar-refractivity contribution is 6.22. The number of hydrogen-bond donors (Lipinski definition) is 0. The number of ketones is 1. The molecule has 0 N–H and O–H groups in total. The molecule has 0 bridgehead atoms. The van der Waals surface area contributed by atoms with Gasteiger partial charge in [0, 0.05) is 24.6 Å². The van der Waals surface area contributed by atoms with Gasteiger partial charge in [0.1, 0.15) is 11.9 Å². The standard InChI is InChI=1S/C23H33ClO3/c1-13(25)21-20(24)12-19-17-6-5-15-11-16(27-14(2)26)7-9-22(15,3)18(17)8-10-23(19,21)4/h5,16-21H,6-12H2,1-4H3/t16-,17-,18+,19+,20-,21-,22-,23-/m1/s1. The quantitative estimate of drug-likeness (QED) is 0.363. The van der Waals surface area contributed by atoms with Gasteiger partial charge in [0.25, 0.3) is 0 Å². The Morgan fingerprint density at radius 2 is 1.89 bits per heavy atom. The smallest absolute Gasteiger partial charge is 0.302 e. The van der Waals surface area contributed by atoms with Crippen LogP contribution in [0.15, 0.2) is 11.6 Å². The number of halogens is 1. The zero-order valence-corrected chi connectivity index (χ0v) is 17.8. The van der Waals surface area contributed by atoms with Crippen LogP contribution in [0, 0.1) is 34.5 Å². The Kier molecular flexibility index (Phi) is 4.77. The first-order valence-electron chi connectivity index (χ1n) is 10.7. The maximum Gasteiger partial charge on any atom is 0.302 e. The number of Topliss-reactive ketones (excluding diaryl/α,β-unsaturated/α-hetero) is 1. The van der Waals surface area contributed by atoms with Crippen molar-refractivity contribution in [2.75, 3.05) is 0 Å². The fraction of sp³-hybridized carbons (Fsp3) is 0.826. The third-order valence-corrected chi connectivity index (χ3v) is 9.25. The van der Waals surface area contributed by atoms with Crippen molar-refractivity contribution in [1.82, 2.24) is 0 Å². The number of allylic oxidation sites excluding steroid dienone is 1. The van der Waals surface area contributed by atoms with Crippen LogP contribution in [0.5, 0.6) is 0 Å². The van der Waals surface area contributed by atoms with E-state index in [1.54, 1.807) is 6.92 Å². The van der Waals surface area contributed by atoms with E-state index in [1.807, 2.05) is 0 Å². The van der Waals surface area contributed by atoms with E-state index in [-0.39, 0.29) is 40.0 Å². The molecule has 4 aliphatic carbocycles. The fourth-order valence-electron chi connectivity index (χ4n) is 7.65. The van der Waals surface area contributed by atoms with Gasteiger partial charge in [0.15, 0.2) is 0 Å². The Balaban J connectivity index is 1.61. The minimum atomic E-state index is -0.166. The molecule has 0 aromatic rings. The van der Waals surface area contributed by atoms with Gasteiger partial charge < -0.3 is 4.74 Å². The van der Waals surface area contributed by atoms with Crippen LogP contribution in [0.25, 0.3) is 0 Å². The fourth-order valence-corrected chi connectivity index (χ4v) is 8.31. The summed E-state index contributed by atoms with van der Waals surface area (Å²) in [4.78, 5) is 23.7. The number of esters is 1. The lowest BCUT2D eigenvalue weighted by Crippen LogP contribution is -2.51. The normalized spacial score (nSPS) is 48.7. The van der Waals surface area contributed by atoms with E-state index in [4.69, 9.17) is 16.3 Å². The number of carbonyl (C=O) groups excluding carboxylic acids is 2. The van der Waals surface area contributed by atoms with Crippen molar-refractivity contribution in [2.45, 2.75) is 84.1 Å². The van der Waals surface area contributed by atoms with Crippen molar-refractivity contribution in [1.29, 1.82) is 0 Å². The Morgan fingerprint density at radius 3 is 2.56 bits per heavy atom. The predicted molar refractivity (Wildman–Crippen MR) is 106 cm³/mol. The molecular weight excluding hydrogens is 360 g/mol. The Bertz CT molecular complexity index is 685. The third kappa shape index (κ3) is 2.91. The summed E-state index contributed by atoms with van der Waals surface area (Å²) in [6, 6.07) is 0. The zero-order chi connectivity index (χ0) is 19.6. The van der Waals surface area contributed by atoms with Gasteiger partial charge in [-0.3, -0.25) is 9.59 Å². The first kappa shape index (κ1) is 19.5. The molecule has 3 nitrogen and oxygen atoms in total. The van der Waals surface area contributed by atoms with Crippen molar-refractivity contribution in [3.8, 4) is 0 Å². The highest BCUT2D eigenvalue weighted by atomic mass is 35.5. The van der Waals surface area contributed by atoms with Gasteiger partial charge in [0.2, 0.25) is 0 Å². The van der Waals surface area contributed by atoms with Gasteiger partial charge in [-0.25, -0.2) is 0 Å². The molecule has 0 unspecified atom stereocenters. The Hall–Kier alpha value is -0.830. The first-order valence-corrected chi connectivity index (χ1v) is 11.1. The summed E-state index contributed by atoms with van der Waals surface area (Å²) in [5.74, 6) is 1.98. The number of hydrogen-bond acceptors (Lipinski definition) is 3. The van der Waals surface area contributed by atoms with Crippen LogP contribution < -0.4 is 0 Å². The lowest BCUT2D eigenvalue weighted by molar-refractivity contribution is -0.149. The molecule has 4 heteroatoms. The van der Waals surface area contributed by atoms with E-state index in [0.29, 0.717) is 17.8 Å². The molecule has 3 saturated carbocycles. The molecule has 0 aliphatic heterocycles. The molecule has 0 saturated heterocycles. The van der Waals surface area contributed by atoms with Crippen LogP contribution in [0.3, 0.4) is 0 Å². The van der Waals surface area contributed by atoms with Crippen molar-refractivity contribution in [3.05, 3.63) is 11.6 Å². The number of alkyl halides is 1. The molecule has 27 heavy (non-hydrogen) atoms. The monoisotopic (exact) mass is 392 g/mol. The molecule has 0 aromatic heterocycles. The molecule has 0 amide bonds. The topological polar surface area (TPSA) is 43.4 Å². The van der Waals surface area contributed by atoms with Gasteiger partial charge in [0.05, 0.1) is 0 Å². The molecule has 8 atom stereocenters. The van der Waals surface area contributed by atoms with Crippen molar-refractivity contribution in [2.24, 2.45) is 34.5 Å². The van der Waals surface area contributed by atoms with Crippen LogP contribution in [0.1, 0.15) is 72.6 Å². The lowest BCUT2D eigenvalue weighted by atomic mass is 9.47. The summed E-state index contributed by atoms with van der Waals surface area (Å²) in [6.45, 7) is 8.02. The maximum atomic E-state index is 12.4. The van der Waals surface area contributed by atoms with Gasteiger partial charge >= 0.3 is 5.97 Å². The number of rotatable bonds is 2. The van der Waals surface area contributed by atoms with Gasteiger partial charge in [-0.2, -0.15) is 0 Å². The van der Waals surface area contributed by atoms with E-state index in [0.717, 1.165) is 38.5 Å².